The van der Waals surface area contributed by atoms with Crippen LogP contribution in [0.1, 0.15) is 49.9 Å². The van der Waals surface area contributed by atoms with Crippen LogP contribution in [0.3, 0.4) is 0 Å². The van der Waals surface area contributed by atoms with Crippen LogP contribution in [0.15, 0.2) is 18.2 Å². The second-order valence-corrected chi connectivity index (χ2v) is 5.36. The molecule has 1 atom stereocenters. The largest absolute Gasteiger partial charge is 0.481 e. The number of carbonyl (C=O) groups is 1. The highest BCUT2D eigenvalue weighted by Gasteiger charge is 2.44. The molecule has 98 valence electrons. The van der Waals surface area contributed by atoms with E-state index in [1.807, 2.05) is 0 Å². The summed E-state index contributed by atoms with van der Waals surface area (Å²) in [5, 5.41) is 9.85. The summed E-state index contributed by atoms with van der Waals surface area (Å²) in [6.07, 6.45) is 1.90. The summed E-state index contributed by atoms with van der Waals surface area (Å²) < 4.78 is 13.2. The Morgan fingerprint density at radius 1 is 1.44 bits per heavy atom. The molecular weight excluding hydrogens is 255 g/mol. The number of carboxylic acids is 1. The quantitative estimate of drug-likeness (QED) is 0.891. The molecule has 0 saturated heterocycles. The van der Waals surface area contributed by atoms with Crippen molar-refractivity contribution in [1.29, 1.82) is 0 Å². The fraction of sp³-hybridized carbons (Fsp3) is 0.500. The SMILES string of the molecule is CC(F)c1ccc(C2(C(=O)O)CCCC2)c(Cl)c1. The second-order valence-electron chi connectivity index (χ2n) is 4.95. The van der Waals surface area contributed by atoms with Gasteiger partial charge in [-0.25, -0.2) is 4.39 Å². The van der Waals surface area contributed by atoms with Crippen LogP contribution in [0.2, 0.25) is 5.02 Å². The molecule has 1 N–H and O–H groups in total. The van der Waals surface area contributed by atoms with Gasteiger partial charge >= 0.3 is 5.97 Å². The molecule has 0 heterocycles. The Morgan fingerprint density at radius 3 is 2.50 bits per heavy atom. The summed E-state index contributed by atoms with van der Waals surface area (Å²) in [5.74, 6) is -0.831. The van der Waals surface area contributed by atoms with Crippen LogP contribution < -0.4 is 0 Å². The van der Waals surface area contributed by atoms with Gasteiger partial charge in [0.25, 0.3) is 0 Å². The Kier molecular flexibility index (Phi) is 3.62. The van der Waals surface area contributed by atoms with Crippen molar-refractivity contribution in [2.45, 2.75) is 44.2 Å². The zero-order chi connectivity index (χ0) is 13.3. The number of aliphatic carboxylic acids is 1. The molecule has 1 saturated carbocycles. The fourth-order valence-electron chi connectivity index (χ4n) is 2.74. The molecule has 0 amide bonds. The molecule has 0 bridgehead atoms. The van der Waals surface area contributed by atoms with Gasteiger partial charge in [-0.1, -0.05) is 36.6 Å². The highest BCUT2D eigenvalue weighted by Crippen LogP contribution is 2.44. The highest BCUT2D eigenvalue weighted by atomic mass is 35.5. The number of alkyl halides is 1. The van der Waals surface area contributed by atoms with Crippen molar-refractivity contribution in [1.82, 2.24) is 0 Å². The minimum Gasteiger partial charge on any atom is -0.481 e. The highest BCUT2D eigenvalue weighted by molar-refractivity contribution is 6.31. The normalized spacial score (nSPS) is 19.7. The van der Waals surface area contributed by atoms with Crippen molar-refractivity contribution in [3.63, 3.8) is 0 Å². The van der Waals surface area contributed by atoms with E-state index in [-0.39, 0.29) is 0 Å². The summed E-state index contributed by atoms with van der Waals surface area (Å²) in [4.78, 5) is 11.6. The lowest BCUT2D eigenvalue weighted by Gasteiger charge is -2.25. The smallest absolute Gasteiger partial charge is 0.314 e. The number of rotatable bonds is 3. The lowest BCUT2D eigenvalue weighted by molar-refractivity contribution is -0.143. The Bertz CT molecular complexity index is 465. The Balaban J connectivity index is 2.47. The maximum Gasteiger partial charge on any atom is 0.314 e. The molecule has 0 spiro atoms. The molecule has 0 radical (unpaired) electrons. The molecule has 1 aliphatic rings. The first-order valence-electron chi connectivity index (χ1n) is 6.15. The van der Waals surface area contributed by atoms with E-state index in [0.717, 1.165) is 12.8 Å². The van der Waals surface area contributed by atoms with Gasteiger partial charge in [0.05, 0.1) is 5.41 Å². The average Bonchev–Trinajstić information content (AvgIpc) is 2.78. The molecular formula is C14H16ClFO2. The first-order valence-corrected chi connectivity index (χ1v) is 6.52. The number of carboxylic acid groups (broad SMARTS) is 1. The van der Waals surface area contributed by atoms with Crippen molar-refractivity contribution >= 4 is 17.6 Å². The molecule has 4 heteroatoms. The third kappa shape index (κ3) is 2.12. The predicted molar refractivity (Wildman–Crippen MR) is 68.8 cm³/mol. The summed E-state index contributed by atoms with van der Waals surface area (Å²) in [6.45, 7) is 1.44. The number of halogens is 2. The van der Waals surface area contributed by atoms with Crippen LogP contribution in [0.25, 0.3) is 0 Å². The van der Waals surface area contributed by atoms with Gasteiger partial charge in [0, 0.05) is 5.02 Å². The van der Waals surface area contributed by atoms with Crippen LogP contribution >= 0.6 is 11.6 Å². The number of hydrogen-bond acceptors (Lipinski definition) is 1. The standard InChI is InChI=1S/C14H16ClFO2/c1-9(16)10-4-5-11(12(15)8-10)14(13(17)18)6-2-3-7-14/h4-5,8-9H,2-3,6-7H2,1H3,(H,17,18). The van der Waals surface area contributed by atoms with Gasteiger partial charge in [0.2, 0.25) is 0 Å². The summed E-state index contributed by atoms with van der Waals surface area (Å²) in [6, 6.07) is 4.85. The molecule has 1 unspecified atom stereocenters. The lowest BCUT2D eigenvalue weighted by Crippen LogP contribution is -2.32. The van der Waals surface area contributed by atoms with Gasteiger partial charge in [-0.2, -0.15) is 0 Å². The number of hydrogen-bond donors (Lipinski definition) is 1. The minimum atomic E-state index is -1.10. The molecule has 1 aromatic carbocycles. The Hall–Kier alpha value is -1.09. The van der Waals surface area contributed by atoms with Gasteiger partial charge in [-0.3, -0.25) is 4.79 Å². The van der Waals surface area contributed by atoms with Gasteiger partial charge in [0.15, 0.2) is 0 Å². The van der Waals surface area contributed by atoms with Crippen LogP contribution in [0.5, 0.6) is 0 Å². The number of benzene rings is 1. The van der Waals surface area contributed by atoms with E-state index in [2.05, 4.69) is 0 Å². The van der Waals surface area contributed by atoms with Crippen LogP contribution in [-0.4, -0.2) is 11.1 Å². The summed E-state index contributed by atoms with van der Waals surface area (Å²) in [5.41, 5.74) is 0.232. The van der Waals surface area contributed by atoms with Gasteiger partial charge in [-0.05, 0) is 37.0 Å². The first kappa shape index (κ1) is 13.3. The molecule has 2 nitrogen and oxygen atoms in total. The maximum absolute atomic E-state index is 13.2. The summed E-state index contributed by atoms with van der Waals surface area (Å²) >= 11 is 6.16. The van der Waals surface area contributed by atoms with Gasteiger partial charge < -0.3 is 5.11 Å². The van der Waals surface area contributed by atoms with Gasteiger partial charge in [0.1, 0.15) is 6.17 Å². The van der Waals surface area contributed by atoms with E-state index in [1.54, 1.807) is 18.2 Å². The zero-order valence-electron chi connectivity index (χ0n) is 10.2. The van der Waals surface area contributed by atoms with Crippen LogP contribution in [0, 0.1) is 0 Å². The van der Waals surface area contributed by atoms with Crippen LogP contribution in [-0.2, 0) is 10.2 Å². The third-order valence-corrected chi connectivity index (χ3v) is 4.15. The maximum atomic E-state index is 13.2. The van der Waals surface area contributed by atoms with E-state index in [9.17, 15) is 14.3 Å². The zero-order valence-corrected chi connectivity index (χ0v) is 11.0. The Morgan fingerprint density at radius 2 is 2.06 bits per heavy atom. The predicted octanol–water partition coefficient (Wildman–Crippen LogP) is 4.27. The molecule has 0 aromatic heterocycles. The monoisotopic (exact) mass is 270 g/mol. The third-order valence-electron chi connectivity index (χ3n) is 3.83. The van der Waals surface area contributed by atoms with Crippen molar-refractivity contribution in [2.24, 2.45) is 0 Å². The van der Waals surface area contributed by atoms with E-state index in [0.29, 0.717) is 29.0 Å². The van der Waals surface area contributed by atoms with Crippen molar-refractivity contribution in [2.75, 3.05) is 0 Å². The van der Waals surface area contributed by atoms with Crippen molar-refractivity contribution in [3.8, 4) is 0 Å². The van der Waals surface area contributed by atoms with Crippen molar-refractivity contribution in [3.05, 3.63) is 34.3 Å². The molecule has 1 fully saturated rings. The van der Waals surface area contributed by atoms with Gasteiger partial charge in [-0.15, -0.1) is 0 Å². The van der Waals surface area contributed by atoms with E-state index in [4.69, 9.17) is 11.6 Å². The molecule has 1 aliphatic carbocycles. The second kappa shape index (κ2) is 4.88. The summed E-state index contributed by atoms with van der Waals surface area (Å²) in [7, 11) is 0. The Labute approximate surface area is 111 Å². The first-order chi connectivity index (χ1) is 8.47. The van der Waals surface area contributed by atoms with E-state index in [1.165, 1.54) is 6.92 Å². The van der Waals surface area contributed by atoms with Crippen LogP contribution in [0.4, 0.5) is 4.39 Å². The molecule has 18 heavy (non-hydrogen) atoms. The lowest BCUT2D eigenvalue weighted by atomic mass is 9.78. The molecule has 2 rings (SSSR count). The topological polar surface area (TPSA) is 37.3 Å². The van der Waals surface area contributed by atoms with E-state index < -0.39 is 17.6 Å². The minimum absolute atomic E-state index is 0.362. The fourth-order valence-corrected chi connectivity index (χ4v) is 3.11. The van der Waals surface area contributed by atoms with E-state index >= 15 is 0 Å². The molecule has 1 aromatic rings. The average molecular weight is 271 g/mol. The molecule has 0 aliphatic heterocycles. The van der Waals surface area contributed by atoms with Crippen molar-refractivity contribution < 1.29 is 14.3 Å².